The SMILES string of the molecule is CNCCC1CCN(C(=O)c2cc(Br)c3c(c2)OCO3)CC1.Cl. The lowest BCUT2D eigenvalue weighted by Crippen LogP contribution is -2.39. The molecule has 7 heteroatoms. The van der Waals surface area contributed by atoms with Crippen LogP contribution in [0, 0.1) is 5.92 Å². The number of rotatable bonds is 4. The Morgan fingerprint density at radius 3 is 2.78 bits per heavy atom. The molecule has 1 saturated heterocycles. The summed E-state index contributed by atoms with van der Waals surface area (Å²) >= 11 is 3.45. The van der Waals surface area contributed by atoms with E-state index in [0.717, 1.165) is 42.9 Å². The first-order valence-electron chi connectivity index (χ1n) is 7.72. The number of piperidine rings is 1. The van der Waals surface area contributed by atoms with Crippen LogP contribution in [0.3, 0.4) is 0 Å². The van der Waals surface area contributed by atoms with E-state index in [1.165, 1.54) is 6.42 Å². The second kappa shape index (κ2) is 8.22. The molecule has 2 aliphatic heterocycles. The summed E-state index contributed by atoms with van der Waals surface area (Å²) < 4.78 is 11.5. The molecule has 23 heavy (non-hydrogen) atoms. The molecule has 0 spiro atoms. The van der Waals surface area contributed by atoms with Gasteiger partial charge in [-0.1, -0.05) is 0 Å². The normalized spacial score (nSPS) is 17.0. The molecule has 0 aromatic heterocycles. The predicted molar refractivity (Wildman–Crippen MR) is 94.7 cm³/mol. The third kappa shape index (κ3) is 4.11. The summed E-state index contributed by atoms with van der Waals surface area (Å²) in [5, 5.41) is 3.19. The van der Waals surface area contributed by atoms with Crippen LogP contribution in [0.25, 0.3) is 0 Å². The van der Waals surface area contributed by atoms with E-state index in [0.29, 0.717) is 17.1 Å². The van der Waals surface area contributed by atoms with Gasteiger partial charge in [0.25, 0.3) is 5.91 Å². The van der Waals surface area contributed by atoms with Crippen LogP contribution in [0.5, 0.6) is 11.5 Å². The van der Waals surface area contributed by atoms with Gasteiger partial charge < -0.3 is 19.7 Å². The molecule has 0 radical (unpaired) electrons. The molecule has 1 aromatic rings. The molecular formula is C16H22BrClN2O3. The predicted octanol–water partition coefficient (Wildman–Crippen LogP) is 3.06. The molecule has 1 amide bonds. The zero-order valence-electron chi connectivity index (χ0n) is 13.1. The Morgan fingerprint density at radius 1 is 1.35 bits per heavy atom. The average molecular weight is 406 g/mol. The van der Waals surface area contributed by atoms with E-state index in [4.69, 9.17) is 9.47 Å². The van der Waals surface area contributed by atoms with Crippen LogP contribution < -0.4 is 14.8 Å². The summed E-state index contributed by atoms with van der Waals surface area (Å²) in [6, 6.07) is 3.60. The van der Waals surface area contributed by atoms with Crippen molar-refractivity contribution in [3.05, 3.63) is 22.2 Å². The standard InChI is InChI=1S/C16H21BrN2O3.ClH/c1-18-5-2-11-3-6-19(7-4-11)16(20)12-8-13(17)15-14(9-12)21-10-22-15;/h8-9,11,18H,2-7,10H2,1H3;1H. The number of fused-ring (bicyclic) bond motifs is 1. The van der Waals surface area contributed by atoms with Gasteiger partial charge in [-0.3, -0.25) is 4.79 Å². The highest BCUT2D eigenvalue weighted by Crippen LogP contribution is 2.40. The Labute approximate surface area is 151 Å². The lowest BCUT2D eigenvalue weighted by Gasteiger charge is -2.32. The maximum absolute atomic E-state index is 12.7. The largest absolute Gasteiger partial charge is 0.454 e. The van der Waals surface area contributed by atoms with Gasteiger partial charge in [-0.15, -0.1) is 12.4 Å². The minimum Gasteiger partial charge on any atom is -0.454 e. The van der Waals surface area contributed by atoms with E-state index >= 15 is 0 Å². The number of likely N-dealkylation sites (tertiary alicyclic amines) is 1. The first kappa shape index (κ1) is 18.4. The number of amides is 1. The summed E-state index contributed by atoms with van der Waals surface area (Å²) in [4.78, 5) is 14.6. The number of halogens is 2. The summed E-state index contributed by atoms with van der Waals surface area (Å²) in [6.07, 6.45) is 3.35. The molecule has 1 N–H and O–H groups in total. The van der Waals surface area contributed by atoms with Gasteiger partial charge in [0.15, 0.2) is 11.5 Å². The zero-order chi connectivity index (χ0) is 15.5. The fourth-order valence-electron chi connectivity index (χ4n) is 3.05. The number of nitrogens with zero attached hydrogens (tertiary/aromatic N) is 1. The molecule has 5 nitrogen and oxygen atoms in total. The van der Waals surface area contributed by atoms with Gasteiger partial charge in [0.1, 0.15) is 0 Å². The molecule has 0 unspecified atom stereocenters. The molecule has 2 aliphatic rings. The number of carbonyl (C=O) groups excluding carboxylic acids is 1. The maximum atomic E-state index is 12.7. The molecular weight excluding hydrogens is 384 g/mol. The minimum absolute atomic E-state index is 0. The highest BCUT2D eigenvalue weighted by atomic mass is 79.9. The van der Waals surface area contributed by atoms with Crippen LogP contribution in [0.15, 0.2) is 16.6 Å². The van der Waals surface area contributed by atoms with Crippen molar-refractivity contribution in [3.8, 4) is 11.5 Å². The van der Waals surface area contributed by atoms with Crippen molar-refractivity contribution in [2.75, 3.05) is 33.5 Å². The molecule has 3 rings (SSSR count). The summed E-state index contributed by atoms with van der Waals surface area (Å²) in [5.74, 6) is 2.12. The van der Waals surface area contributed by atoms with Crippen LogP contribution in [-0.4, -0.2) is 44.3 Å². The van der Waals surface area contributed by atoms with E-state index < -0.39 is 0 Å². The third-order valence-corrected chi connectivity index (χ3v) is 4.97. The van der Waals surface area contributed by atoms with Crippen LogP contribution in [-0.2, 0) is 0 Å². The first-order chi connectivity index (χ1) is 10.7. The van der Waals surface area contributed by atoms with Gasteiger partial charge in [0, 0.05) is 18.7 Å². The Kier molecular flexibility index (Phi) is 6.56. The Balaban J connectivity index is 0.00000192. The fraction of sp³-hybridized carbons (Fsp3) is 0.562. The molecule has 128 valence electrons. The lowest BCUT2D eigenvalue weighted by atomic mass is 9.93. The summed E-state index contributed by atoms with van der Waals surface area (Å²) in [5.41, 5.74) is 0.657. The third-order valence-electron chi connectivity index (χ3n) is 4.38. The number of hydrogen-bond acceptors (Lipinski definition) is 4. The smallest absolute Gasteiger partial charge is 0.254 e. The van der Waals surface area contributed by atoms with Gasteiger partial charge in [-0.2, -0.15) is 0 Å². The second-order valence-corrected chi connectivity index (χ2v) is 6.67. The zero-order valence-corrected chi connectivity index (χ0v) is 15.5. The quantitative estimate of drug-likeness (QED) is 0.836. The second-order valence-electron chi connectivity index (χ2n) is 5.82. The van der Waals surface area contributed by atoms with Crippen molar-refractivity contribution in [1.82, 2.24) is 10.2 Å². The van der Waals surface area contributed by atoms with E-state index in [-0.39, 0.29) is 25.1 Å². The molecule has 0 bridgehead atoms. The highest BCUT2D eigenvalue weighted by molar-refractivity contribution is 9.10. The average Bonchev–Trinajstić information content (AvgIpc) is 3.02. The molecule has 1 aromatic carbocycles. The van der Waals surface area contributed by atoms with Crippen LogP contribution in [0.1, 0.15) is 29.6 Å². The topological polar surface area (TPSA) is 50.8 Å². The van der Waals surface area contributed by atoms with Crippen molar-refractivity contribution in [2.24, 2.45) is 5.92 Å². The van der Waals surface area contributed by atoms with E-state index in [9.17, 15) is 4.79 Å². The van der Waals surface area contributed by atoms with Crippen molar-refractivity contribution in [3.63, 3.8) is 0 Å². The van der Waals surface area contributed by atoms with Crippen molar-refractivity contribution < 1.29 is 14.3 Å². The first-order valence-corrected chi connectivity index (χ1v) is 8.51. The minimum atomic E-state index is 0. The van der Waals surface area contributed by atoms with Crippen LogP contribution in [0.2, 0.25) is 0 Å². The number of benzene rings is 1. The van der Waals surface area contributed by atoms with Crippen molar-refractivity contribution >= 4 is 34.2 Å². The van der Waals surface area contributed by atoms with Gasteiger partial charge in [0.05, 0.1) is 4.47 Å². The summed E-state index contributed by atoms with van der Waals surface area (Å²) in [6.45, 7) is 2.93. The van der Waals surface area contributed by atoms with Gasteiger partial charge in [0.2, 0.25) is 6.79 Å². The van der Waals surface area contributed by atoms with Gasteiger partial charge in [-0.05, 0) is 66.8 Å². The van der Waals surface area contributed by atoms with Crippen molar-refractivity contribution in [1.29, 1.82) is 0 Å². The molecule has 0 atom stereocenters. The lowest BCUT2D eigenvalue weighted by molar-refractivity contribution is 0.0686. The maximum Gasteiger partial charge on any atom is 0.254 e. The van der Waals surface area contributed by atoms with Crippen molar-refractivity contribution in [2.45, 2.75) is 19.3 Å². The molecule has 2 heterocycles. The van der Waals surface area contributed by atoms with E-state index in [1.54, 1.807) is 6.07 Å². The monoisotopic (exact) mass is 404 g/mol. The Hall–Kier alpha value is -0.980. The number of hydrogen-bond donors (Lipinski definition) is 1. The van der Waals surface area contributed by atoms with E-state index in [2.05, 4.69) is 21.2 Å². The number of nitrogens with one attached hydrogen (secondary N) is 1. The number of carbonyl (C=O) groups is 1. The van der Waals surface area contributed by atoms with E-state index in [1.807, 2.05) is 18.0 Å². The van der Waals surface area contributed by atoms with Gasteiger partial charge >= 0.3 is 0 Å². The van der Waals surface area contributed by atoms with Gasteiger partial charge in [-0.25, -0.2) is 0 Å². The molecule has 0 aliphatic carbocycles. The highest BCUT2D eigenvalue weighted by Gasteiger charge is 2.26. The Morgan fingerprint density at radius 2 is 2.09 bits per heavy atom. The molecule has 0 saturated carbocycles. The molecule has 1 fully saturated rings. The van der Waals surface area contributed by atoms with Crippen LogP contribution >= 0.6 is 28.3 Å². The summed E-state index contributed by atoms with van der Waals surface area (Å²) in [7, 11) is 1.98. The van der Waals surface area contributed by atoms with Crippen LogP contribution in [0.4, 0.5) is 0 Å². The fourth-order valence-corrected chi connectivity index (χ4v) is 3.60. The Bertz CT molecular complexity index is 563. The number of ether oxygens (including phenoxy) is 2.